The first-order valence-corrected chi connectivity index (χ1v) is 8.83. The van der Waals surface area contributed by atoms with Crippen molar-refractivity contribution in [1.29, 1.82) is 0 Å². The lowest BCUT2D eigenvalue weighted by atomic mass is 10.1. The zero-order valence-electron chi connectivity index (χ0n) is 12.4. The molecule has 1 aliphatic rings. The molecule has 1 amide bonds. The number of likely N-dealkylation sites (tertiary alicyclic amines) is 1. The summed E-state index contributed by atoms with van der Waals surface area (Å²) >= 11 is 3.43. The van der Waals surface area contributed by atoms with Gasteiger partial charge in [0.2, 0.25) is 5.91 Å². The Morgan fingerprint density at radius 3 is 2.90 bits per heavy atom. The van der Waals surface area contributed by atoms with Crippen molar-refractivity contribution in [2.24, 2.45) is 7.05 Å². The third kappa shape index (κ3) is 3.87. The highest BCUT2D eigenvalue weighted by Gasteiger charge is 2.27. The fourth-order valence-corrected chi connectivity index (χ4v) is 3.45. The minimum absolute atomic E-state index is 0.272. The third-order valence-electron chi connectivity index (χ3n) is 4.17. The van der Waals surface area contributed by atoms with E-state index in [9.17, 15) is 4.79 Å². The summed E-state index contributed by atoms with van der Waals surface area (Å²) in [6, 6.07) is 4.51. The van der Waals surface area contributed by atoms with E-state index in [1.807, 2.05) is 0 Å². The molecule has 0 saturated carbocycles. The number of carbonyl (C=O) groups excluding carboxylic acids is 1. The van der Waals surface area contributed by atoms with E-state index in [2.05, 4.69) is 50.8 Å². The van der Waals surface area contributed by atoms with Gasteiger partial charge in [0, 0.05) is 37.2 Å². The highest BCUT2D eigenvalue weighted by molar-refractivity contribution is 9.09. The molecule has 0 spiro atoms. The van der Waals surface area contributed by atoms with Crippen LogP contribution in [0.1, 0.15) is 56.7 Å². The number of nitrogens with zero attached hydrogens (tertiary/aromatic N) is 2. The van der Waals surface area contributed by atoms with Crippen molar-refractivity contribution in [1.82, 2.24) is 9.47 Å². The number of hydrogen-bond acceptors (Lipinski definition) is 1. The Labute approximate surface area is 130 Å². The number of halogens is 1. The SMILES string of the molecule is Cn1cccc1C1CCCCCN1C(=O)CCCCBr. The molecule has 1 aromatic rings. The zero-order valence-corrected chi connectivity index (χ0v) is 13.9. The van der Waals surface area contributed by atoms with Crippen LogP contribution < -0.4 is 0 Å². The summed E-state index contributed by atoms with van der Waals surface area (Å²) in [4.78, 5) is 14.7. The van der Waals surface area contributed by atoms with E-state index in [0.717, 1.165) is 37.6 Å². The van der Waals surface area contributed by atoms with Crippen LogP contribution in [0, 0.1) is 0 Å². The summed E-state index contributed by atoms with van der Waals surface area (Å²) < 4.78 is 2.16. The van der Waals surface area contributed by atoms with Crippen LogP contribution in [-0.4, -0.2) is 27.2 Å². The molecule has 0 N–H and O–H groups in total. The second-order valence-corrected chi connectivity index (χ2v) is 6.44. The first-order valence-electron chi connectivity index (χ1n) is 7.70. The van der Waals surface area contributed by atoms with E-state index in [1.165, 1.54) is 18.5 Å². The van der Waals surface area contributed by atoms with Crippen LogP contribution in [0.25, 0.3) is 0 Å². The van der Waals surface area contributed by atoms with E-state index in [4.69, 9.17) is 0 Å². The molecule has 112 valence electrons. The number of aromatic nitrogens is 1. The van der Waals surface area contributed by atoms with Crippen molar-refractivity contribution >= 4 is 21.8 Å². The zero-order chi connectivity index (χ0) is 14.4. The monoisotopic (exact) mass is 340 g/mol. The van der Waals surface area contributed by atoms with Gasteiger partial charge in [-0.15, -0.1) is 0 Å². The van der Waals surface area contributed by atoms with Crippen LogP contribution in [0.2, 0.25) is 0 Å². The molecule has 4 heteroatoms. The van der Waals surface area contributed by atoms with Gasteiger partial charge in [0.25, 0.3) is 0 Å². The number of alkyl halides is 1. The van der Waals surface area contributed by atoms with Gasteiger partial charge in [0.1, 0.15) is 0 Å². The molecule has 20 heavy (non-hydrogen) atoms. The van der Waals surface area contributed by atoms with Crippen LogP contribution >= 0.6 is 15.9 Å². The van der Waals surface area contributed by atoms with Crippen molar-refractivity contribution in [2.45, 2.75) is 51.0 Å². The molecule has 3 nitrogen and oxygen atoms in total. The summed E-state index contributed by atoms with van der Waals surface area (Å²) in [5.74, 6) is 0.332. The fourth-order valence-electron chi connectivity index (χ4n) is 3.05. The lowest BCUT2D eigenvalue weighted by Crippen LogP contribution is -2.35. The summed E-state index contributed by atoms with van der Waals surface area (Å²) in [5.41, 5.74) is 1.28. The average molecular weight is 341 g/mol. The highest BCUT2D eigenvalue weighted by atomic mass is 79.9. The fraction of sp³-hybridized carbons (Fsp3) is 0.688. The molecule has 1 unspecified atom stereocenters. The van der Waals surface area contributed by atoms with E-state index >= 15 is 0 Å². The third-order valence-corrected chi connectivity index (χ3v) is 4.73. The van der Waals surface area contributed by atoms with Gasteiger partial charge in [-0.25, -0.2) is 0 Å². The Bertz CT molecular complexity index is 430. The number of unbranched alkanes of at least 4 members (excludes halogenated alkanes) is 1. The number of aryl methyl sites for hydroxylation is 1. The van der Waals surface area contributed by atoms with Crippen molar-refractivity contribution in [2.75, 3.05) is 11.9 Å². The molecular weight excluding hydrogens is 316 g/mol. The van der Waals surface area contributed by atoms with Crippen LogP contribution in [0.4, 0.5) is 0 Å². The molecule has 0 aromatic carbocycles. The maximum absolute atomic E-state index is 12.5. The second kappa shape index (κ2) is 7.87. The minimum Gasteiger partial charge on any atom is -0.353 e. The van der Waals surface area contributed by atoms with Gasteiger partial charge in [-0.2, -0.15) is 0 Å². The molecule has 1 atom stereocenters. The smallest absolute Gasteiger partial charge is 0.223 e. The van der Waals surface area contributed by atoms with Gasteiger partial charge in [-0.1, -0.05) is 28.8 Å². The molecule has 0 bridgehead atoms. The van der Waals surface area contributed by atoms with Gasteiger partial charge >= 0.3 is 0 Å². The van der Waals surface area contributed by atoms with Gasteiger partial charge in [-0.3, -0.25) is 4.79 Å². The predicted molar refractivity (Wildman–Crippen MR) is 86.0 cm³/mol. The van der Waals surface area contributed by atoms with Gasteiger partial charge in [0.15, 0.2) is 0 Å². The molecule has 0 radical (unpaired) electrons. The van der Waals surface area contributed by atoms with Gasteiger partial charge < -0.3 is 9.47 Å². The van der Waals surface area contributed by atoms with E-state index < -0.39 is 0 Å². The van der Waals surface area contributed by atoms with E-state index in [-0.39, 0.29) is 6.04 Å². The summed E-state index contributed by atoms with van der Waals surface area (Å²) in [5, 5.41) is 0.988. The quantitative estimate of drug-likeness (QED) is 0.586. The summed E-state index contributed by atoms with van der Waals surface area (Å²) in [7, 11) is 2.08. The number of carbonyl (C=O) groups is 1. The summed E-state index contributed by atoms with van der Waals surface area (Å²) in [6.07, 6.45) is 9.54. The Balaban J connectivity index is 2.09. The first-order chi connectivity index (χ1) is 9.74. The van der Waals surface area contributed by atoms with Gasteiger partial charge in [0.05, 0.1) is 6.04 Å². The molecule has 0 aliphatic carbocycles. The number of rotatable bonds is 5. The maximum Gasteiger partial charge on any atom is 0.223 e. The van der Waals surface area contributed by atoms with Crippen LogP contribution in [0.3, 0.4) is 0 Å². The lowest BCUT2D eigenvalue weighted by Gasteiger charge is -2.30. The average Bonchev–Trinajstić information content (AvgIpc) is 2.73. The Kier molecular flexibility index (Phi) is 6.14. The normalized spacial score (nSPS) is 19.9. The molecule has 1 aromatic heterocycles. The molecular formula is C16H25BrN2O. The highest BCUT2D eigenvalue weighted by Crippen LogP contribution is 2.30. The van der Waals surface area contributed by atoms with Crippen LogP contribution in [0.15, 0.2) is 18.3 Å². The molecule has 1 fully saturated rings. The van der Waals surface area contributed by atoms with Crippen molar-refractivity contribution in [3.63, 3.8) is 0 Å². The first kappa shape index (κ1) is 15.6. The molecule has 1 saturated heterocycles. The van der Waals surface area contributed by atoms with Crippen molar-refractivity contribution < 1.29 is 4.79 Å². The Morgan fingerprint density at radius 2 is 2.20 bits per heavy atom. The summed E-state index contributed by atoms with van der Waals surface area (Å²) in [6.45, 7) is 0.920. The molecule has 2 heterocycles. The Morgan fingerprint density at radius 1 is 1.35 bits per heavy atom. The minimum atomic E-state index is 0.272. The predicted octanol–water partition coefficient (Wildman–Crippen LogP) is 4.03. The van der Waals surface area contributed by atoms with E-state index in [0.29, 0.717) is 12.3 Å². The molecule has 1 aliphatic heterocycles. The van der Waals surface area contributed by atoms with Crippen LogP contribution in [-0.2, 0) is 11.8 Å². The molecule has 2 rings (SSSR count). The van der Waals surface area contributed by atoms with Crippen molar-refractivity contribution in [3.8, 4) is 0 Å². The van der Waals surface area contributed by atoms with Crippen molar-refractivity contribution in [3.05, 3.63) is 24.0 Å². The number of hydrogen-bond donors (Lipinski definition) is 0. The second-order valence-electron chi connectivity index (χ2n) is 5.64. The Hall–Kier alpha value is -0.770. The largest absolute Gasteiger partial charge is 0.353 e. The topological polar surface area (TPSA) is 25.2 Å². The standard InChI is InChI=1S/C16H25BrN2O/c1-18-12-7-9-14(18)15-8-3-2-6-13-19(15)16(20)10-4-5-11-17/h7,9,12,15H,2-6,8,10-11,13H2,1H3. The van der Waals surface area contributed by atoms with Gasteiger partial charge in [-0.05, 0) is 37.8 Å². The maximum atomic E-state index is 12.5. The number of amides is 1. The lowest BCUT2D eigenvalue weighted by molar-refractivity contribution is -0.133. The van der Waals surface area contributed by atoms with Crippen LogP contribution in [0.5, 0.6) is 0 Å². The van der Waals surface area contributed by atoms with E-state index in [1.54, 1.807) is 0 Å².